The average molecular weight is 469 g/mol. The zero-order valence-electron chi connectivity index (χ0n) is 15.3. The van der Waals surface area contributed by atoms with Crippen molar-refractivity contribution in [2.24, 2.45) is 4.99 Å². The number of likely N-dealkylation sites (tertiary alicyclic amines) is 1. The largest absolute Gasteiger partial charge is 0.364 e. The van der Waals surface area contributed by atoms with Crippen molar-refractivity contribution in [1.82, 2.24) is 20.7 Å². The lowest BCUT2D eigenvalue weighted by atomic mass is 10.1. The third-order valence-electron chi connectivity index (χ3n) is 4.49. The Kier molecular flexibility index (Phi) is 8.90. The molecule has 1 aliphatic rings. The maximum Gasteiger partial charge on any atom is 0.191 e. The first-order valence-corrected chi connectivity index (χ1v) is 8.97. The molecule has 0 saturated carbocycles. The van der Waals surface area contributed by atoms with E-state index < -0.39 is 0 Å². The summed E-state index contributed by atoms with van der Waals surface area (Å²) in [4.78, 5) is 6.77. The topological polar surface area (TPSA) is 65.7 Å². The molecule has 3 rings (SSSR count). The van der Waals surface area contributed by atoms with Gasteiger partial charge in [-0.3, -0.25) is 9.89 Å². The van der Waals surface area contributed by atoms with Gasteiger partial charge in [0.2, 0.25) is 0 Å². The molecule has 1 saturated heterocycles. The maximum absolute atomic E-state index is 4.82. The van der Waals surface area contributed by atoms with Gasteiger partial charge in [-0.25, -0.2) is 0 Å². The van der Waals surface area contributed by atoms with Crippen LogP contribution in [-0.4, -0.2) is 36.2 Å². The van der Waals surface area contributed by atoms with Crippen LogP contribution in [0.3, 0.4) is 0 Å². The number of nitrogens with zero attached hydrogens (tertiary/aromatic N) is 3. The second-order valence-electron chi connectivity index (χ2n) is 6.42. The zero-order chi connectivity index (χ0) is 17.3. The van der Waals surface area contributed by atoms with E-state index in [1.807, 2.05) is 6.07 Å². The third-order valence-corrected chi connectivity index (χ3v) is 4.49. The van der Waals surface area contributed by atoms with Crippen molar-refractivity contribution in [2.75, 3.05) is 20.1 Å². The van der Waals surface area contributed by atoms with E-state index in [1.165, 1.54) is 43.5 Å². The molecular weight excluding hydrogens is 441 g/mol. The fourth-order valence-corrected chi connectivity index (χ4v) is 3.05. The Bertz CT molecular complexity index is 651. The highest BCUT2D eigenvalue weighted by molar-refractivity contribution is 14.0. The molecule has 142 valence electrons. The number of nitrogens with one attached hydrogen (secondary N) is 2. The minimum absolute atomic E-state index is 0. The molecule has 0 aliphatic carbocycles. The summed E-state index contributed by atoms with van der Waals surface area (Å²) in [6.07, 6.45) is 5.62. The normalized spacial score (nSPS) is 15.3. The fraction of sp³-hybridized carbons (Fsp3) is 0.474. The van der Waals surface area contributed by atoms with Crippen molar-refractivity contribution in [2.45, 2.75) is 38.9 Å². The molecule has 0 radical (unpaired) electrons. The molecule has 2 N–H and O–H groups in total. The predicted molar refractivity (Wildman–Crippen MR) is 115 cm³/mol. The van der Waals surface area contributed by atoms with Crippen molar-refractivity contribution in [3.05, 3.63) is 53.4 Å². The Morgan fingerprint density at radius 1 is 1.04 bits per heavy atom. The lowest BCUT2D eigenvalue weighted by Gasteiger charge is -2.26. The van der Waals surface area contributed by atoms with Gasteiger partial charge in [0.25, 0.3) is 0 Å². The summed E-state index contributed by atoms with van der Waals surface area (Å²) in [7, 11) is 1.76. The fourth-order valence-electron chi connectivity index (χ4n) is 3.05. The van der Waals surface area contributed by atoms with Gasteiger partial charge in [-0.2, -0.15) is 0 Å². The Morgan fingerprint density at radius 3 is 2.38 bits per heavy atom. The van der Waals surface area contributed by atoms with E-state index in [9.17, 15) is 0 Å². The minimum atomic E-state index is 0. The van der Waals surface area contributed by atoms with E-state index in [0.717, 1.165) is 24.7 Å². The Labute approximate surface area is 172 Å². The van der Waals surface area contributed by atoms with Gasteiger partial charge < -0.3 is 15.2 Å². The third kappa shape index (κ3) is 6.60. The molecule has 0 spiro atoms. The molecule has 6 nitrogen and oxygen atoms in total. The van der Waals surface area contributed by atoms with Crippen molar-refractivity contribution in [1.29, 1.82) is 0 Å². The van der Waals surface area contributed by atoms with Crippen molar-refractivity contribution in [3.8, 4) is 0 Å². The summed E-state index contributed by atoms with van der Waals surface area (Å²) in [5.41, 5.74) is 3.48. The van der Waals surface area contributed by atoms with Crippen LogP contribution in [0.15, 0.2) is 46.1 Å². The van der Waals surface area contributed by atoms with Crippen LogP contribution < -0.4 is 10.6 Å². The number of guanidine groups is 1. The van der Waals surface area contributed by atoms with Gasteiger partial charge in [0, 0.05) is 26.2 Å². The summed E-state index contributed by atoms with van der Waals surface area (Å²) < 4.78 is 4.82. The van der Waals surface area contributed by atoms with Crippen LogP contribution in [0, 0.1) is 0 Å². The molecular formula is C19H28IN5O. The molecule has 1 aromatic heterocycles. The van der Waals surface area contributed by atoms with Crippen LogP contribution >= 0.6 is 24.0 Å². The highest BCUT2D eigenvalue weighted by Gasteiger charge is 2.10. The van der Waals surface area contributed by atoms with E-state index >= 15 is 0 Å². The number of halogens is 1. The first-order valence-electron chi connectivity index (χ1n) is 8.97. The number of aliphatic imine (C=N–C) groups is 1. The van der Waals surface area contributed by atoms with Crippen LogP contribution in [-0.2, 0) is 19.6 Å². The van der Waals surface area contributed by atoms with E-state index in [1.54, 1.807) is 13.3 Å². The summed E-state index contributed by atoms with van der Waals surface area (Å²) >= 11 is 0. The number of hydrogen-bond donors (Lipinski definition) is 2. The monoisotopic (exact) mass is 469 g/mol. The Hall–Kier alpha value is -1.61. The van der Waals surface area contributed by atoms with Gasteiger partial charge in [0.15, 0.2) is 5.96 Å². The molecule has 1 fully saturated rings. The summed E-state index contributed by atoms with van der Waals surface area (Å²) in [6.45, 7) is 4.86. The van der Waals surface area contributed by atoms with E-state index in [-0.39, 0.29) is 24.0 Å². The maximum atomic E-state index is 4.82. The standard InChI is InChI=1S/C19H27N5O.HI/c1-20-19(22-14-18-9-12-25-23-18)21-13-16-5-7-17(8-6-16)15-24-10-3-2-4-11-24;/h5-9,12H,2-4,10-11,13-15H2,1H3,(H2,20,21,22);1H. The average Bonchev–Trinajstić information content (AvgIpc) is 3.18. The van der Waals surface area contributed by atoms with Gasteiger partial charge in [0.05, 0.1) is 6.54 Å². The Morgan fingerprint density at radius 2 is 1.73 bits per heavy atom. The Balaban J connectivity index is 0.00000243. The molecule has 2 heterocycles. The smallest absolute Gasteiger partial charge is 0.191 e. The van der Waals surface area contributed by atoms with Crippen molar-refractivity contribution in [3.63, 3.8) is 0 Å². The number of benzene rings is 1. The van der Waals surface area contributed by atoms with Crippen molar-refractivity contribution >= 4 is 29.9 Å². The first-order chi connectivity index (χ1) is 12.3. The second-order valence-corrected chi connectivity index (χ2v) is 6.42. The lowest BCUT2D eigenvalue weighted by molar-refractivity contribution is 0.221. The van der Waals surface area contributed by atoms with Gasteiger partial charge >= 0.3 is 0 Å². The van der Waals surface area contributed by atoms with Crippen LogP contribution in [0.5, 0.6) is 0 Å². The van der Waals surface area contributed by atoms with E-state index in [2.05, 4.69) is 49.9 Å². The second kappa shape index (κ2) is 11.2. The molecule has 2 aromatic rings. The van der Waals surface area contributed by atoms with Gasteiger partial charge in [-0.15, -0.1) is 24.0 Å². The van der Waals surface area contributed by atoms with Crippen molar-refractivity contribution < 1.29 is 4.52 Å². The predicted octanol–water partition coefficient (Wildman–Crippen LogP) is 3.14. The molecule has 0 bridgehead atoms. The minimum Gasteiger partial charge on any atom is -0.364 e. The van der Waals surface area contributed by atoms with Crippen LogP contribution in [0.4, 0.5) is 0 Å². The summed E-state index contributed by atoms with van der Waals surface area (Å²) in [6, 6.07) is 10.7. The quantitative estimate of drug-likeness (QED) is 0.387. The van der Waals surface area contributed by atoms with Gasteiger partial charge in [-0.1, -0.05) is 35.8 Å². The lowest BCUT2D eigenvalue weighted by Crippen LogP contribution is -2.36. The molecule has 1 aliphatic heterocycles. The first kappa shape index (κ1) is 20.7. The highest BCUT2D eigenvalue weighted by Crippen LogP contribution is 2.13. The number of aromatic nitrogens is 1. The van der Waals surface area contributed by atoms with E-state index in [4.69, 9.17) is 4.52 Å². The molecule has 26 heavy (non-hydrogen) atoms. The zero-order valence-corrected chi connectivity index (χ0v) is 17.6. The number of rotatable bonds is 6. The molecule has 0 unspecified atom stereocenters. The van der Waals surface area contributed by atoms with Crippen LogP contribution in [0.1, 0.15) is 36.1 Å². The molecule has 0 atom stereocenters. The molecule has 1 aromatic carbocycles. The summed E-state index contributed by atoms with van der Waals surface area (Å²) in [5.74, 6) is 0.750. The van der Waals surface area contributed by atoms with Crippen LogP contribution in [0.25, 0.3) is 0 Å². The number of piperidine rings is 1. The number of hydrogen-bond acceptors (Lipinski definition) is 4. The van der Waals surface area contributed by atoms with Gasteiger partial charge in [-0.05, 0) is 37.1 Å². The van der Waals surface area contributed by atoms with Crippen LogP contribution in [0.2, 0.25) is 0 Å². The molecule has 0 amide bonds. The highest BCUT2D eigenvalue weighted by atomic mass is 127. The van der Waals surface area contributed by atoms with E-state index in [0.29, 0.717) is 6.54 Å². The molecule has 7 heteroatoms. The van der Waals surface area contributed by atoms with Gasteiger partial charge in [0.1, 0.15) is 12.0 Å². The summed E-state index contributed by atoms with van der Waals surface area (Å²) in [5, 5.41) is 10.4. The SMILES string of the molecule is CN=C(NCc1ccc(CN2CCCCC2)cc1)NCc1ccon1.I.